The van der Waals surface area contributed by atoms with Gasteiger partial charge in [-0.15, -0.1) is 103 Å². The molecule has 0 bridgehead atoms. The minimum atomic E-state index is -0.702. The Balaban J connectivity index is 0.000000264. The minimum absolute atomic E-state index is 0.0199. The number of benzene rings is 2. The third-order valence-electron chi connectivity index (χ3n) is 18.0. The van der Waals surface area contributed by atoms with Crippen molar-refractivity contribution in [3.8, 4) is 30.0 Å². The molecule has 3 amide bonds. The Morgan fingerprint density at radius 1 is 0.445 bits per heavy atom. The molecule has 9 rings (SSSR count). The van der Waals surface area contributed by atoms with Gasteiger partial charge in [0.1, 0.15) is 71.5 Å². The van der Waals surface area contributed by atoms with Crippen molar-refractivity contribution in [3.63, 3.8) is 0 Å². The second kappa shape index (κ2) is 59.5. The molecule has 694 valence electrons. The van der Waals surface area contributed by atoms with E-state index in [1.807, 2.05) is 98.9 Å². The number of allylic oxidation sites excluding steroid dienone is 2. The van der Waals surface area contributed by atoms with Gasteiger partial charge in [-0.3, -0.25) is 0 Å². The van der Waals surface area contributed by atoms with Gasteiger partial charge in [-0.25, -0.2) is 29.0 Å². The Kier molecular flexibility index (Phi) is 49.4. The van der Waals surface area contributed by atoms with Gasteiger partial charge in [0, 0.05) is 124 Å². The molecule has 36 heteroatoms. The number of unbranched alkanes of at least 4 members (excludes halogenated alkanes) is 9. The average molecular weight is 1930 g/mol. The molecule has 0 aliphatic heterocycles. The van der Waals surface area contributed by atoms with Crippen LogP contribution in [-0.2, 0) is 61.7 Å². The number of para-hydroxylation sites is 2. The van der Waals surface area contributed by atoms with E-state index in [1.165, 1.54) is 29.6 Å². The summed E-state index contributed by atoms with van der Waals surface area (Å²) in [5, 5.41) is 38.7. The highest BCUT2D eigenvalue weighted by Crippen LogP contribution is 2.48. The fourth-order valence-electron chi connectivity index (χ4n) is 11.5. The summed E-state index contributed by atoms with van der Waals surface area (Å²) in [6, 6.07) is 29.3. The zero-order valence-corrected chi connectivity index (χ0v) is 81.4. The highest BCUT2D eigenvalue weighted by Gasteiger charge is 2.24. The molecule has 128 heavy (non-hydrogen) atoms. The molecule has 0 saturated heterocycles. The number of hydrogen-bond donors (Lipinski definition) is 3. The molecule has 0 aliphatic rings. The highest BCUT2D eigenvalue weighted by molar-refractivity contribution is 7.40. The molecule has 0 spiro atoms. The molecule has 27 nitrogen and oxygen atoms in total. The predicted octanol–water partition coefficient (Wildman–Crippen LogP) is 20.6. The number of alkyl halides is 3. The molecule has 0 saturated carbocycles. The van der Waals surface area contributed by atoms with Gasteiger partial charge < -0.3 is 87.2 Å². The fraction of sp³-hybridized carbons (Fsp3) is 0.511. The lowest BCUT2D eigenvalue weighted by molar-refractivity contribution is -0.150. The maximum Gasteiger partial charge on any atom is 0.407 e. The molecule has 3 N–H and O–H groups in total. The number of ether oxygens (including phenoxy) is 11. The number of amides is 3. The number of likely N-dealkylation sites (N-methyl/N-ethyl adjacent to an activating group) is 3. The number of halogens is 3. The number of alkyl carbamates (subject to hydrolysis) is 3. The number of esters is 2. The van der Waals surface area contributed by atoms with Crippen molar-refractivity contribution in [2.24, 2.45) is 0 Å². The monoisotopic (exact) mass is 1930 g/mol. The summed E-state index contributed by atoms with van der Waals surface area (Å²) in [5.74, 6) is 6.78. The smallest absolute Gasteiger partial charge is 0.407 e. The van der Waals surface area contributed by atoms with E-state index in [2.05, 4.69) is 66.8 Å². The Morgan fingerprint density at radius 3 is 1.25 bits per heavy atom. The van der Waals surface area contributed by atoms with E-state index in [0.29, 0.717) is 122 Å². The summed E-state index contributed by atoms with van der Waals surface area (Å²) in [6.07, 6.45) is 16.3. The first-order chi connectivity index (χ1) is 61.8. The van der Waals surface area contributed by atoms with Crippen molar-refractivity contribution in [1.82, 2.24) is 20.9 Å². The van der Waals surface area contributed by atoms with Crippen LogP contribution in [0.3, 0.4) is 0 Å². The van der Waals surface area contributed by atoms with Crippen LogP contribution in [0.4, 0.5) is 30.1 Å². The standard InChI is InChI=1S/C32H35ClN4O5S3.C30H40ClN3O6S3.C30H42ClN3O6/c1-37(12-15-41-32(38)35-11-14-40-17-16-39-13-7-3-2-6-10-33)28-20-27-30(45-28)29-26(44-27)19-23(43-29)18-22(21-34)31-36-24-8-4-5-9-25(24)42-31;1-30(2,3)40-28(35)21(20-32)17-22-18-23-26(41-22)27-24(42-23)19-25(43-27)34(4)11-14-39-29(36)33-10-13-38-16-15-37-12-8-6-5-7-9-31;1-30(2,3)40-28(35)26(24-32)11-9-10-25-12-14-27(15-13-25)34(4)18-21-39-29(36)33-17-20-38-23-22-37-19-8-6-5-7-16-31/h4-5,8-9,18-20H,2-3,6-7,10-17H2,1H3,(H,35,38);17-19H,5-16H2,1-4H3,(H,33,36);11-15H,5-8,16-23H2,1-4H3,(H,33,36)/b22-18+;21-17+;26-11+. The van der Waals surface area contributed by atoms with Crippen LogP contribution in [0, 0.1) is 45.8 Å². The summed E-state index contributed by atoms with van der Waals surface area (Å²) < 4.78 is 74.6. The number of nitriles is 3. The maximum atomic E-state index is 12.4. The predicted molar refractivity (Wildman–Crippen MR) is 520 cm³/mol. The zero-order valence-electron chi connectivity index (χ0n) is 74.3. The number of nitrogens with zero attached hydrogens (tertiary/aromatic N) is 7. The quantitative estimate of drug-likeness (QED) is 0.00606. The second-order valence-electron chi connectivity index (χ2n) is 30.7. The topological polar surface area (TPSA) is 330 Å². The SMILES string of the molecule is CN(CCOC(=O)NCCOCCOCCCCCCCl)c1cc2sc3cc(/C=C(\C#N)C(=O)OC(C)(C)C)sc3c2s1.CN(CCOC(=O)NCCOCCOCCCCCCCl)c1cc2sc3cc(/C=C(\C#N)c4nc5ccccc5o4)sc3c2s1.CN(CCOC(=O)NCCOCCOCCCCCCCl)c1ccc(C#C/C=C(\C#N)C(=O)OC(C)(C)C)cc1. The summed E-state index contributed by atoms with van der Waals surface area (Å²) >= 11 is 26.9. The van der Waals surface area contributed by atoms with E-state index in [4.69, 9.17) is 91.3 Å². The molecule has 0 aliphatic carbocycles. The van der Waals surface area contributed by atoms with Crippen LogP contribution in [0.25, 0.3) is 66.4 Å². The van der Waals surface area contributed by atoms with E-state index in [1.54, 1.807) is 116 Å². The first-order valence-electron chi connectivity index (χ1n) is 42.5. The summed E-state index contributed by atoms with van der Waals surface area (Å²) in [4.78, 5) is 72.6. The summed E-state index contributed by atoms with van der Waals surface area (Å²) in [7, 11) is 5.85. The molecule has 0 unspecified atom stereocenters. The first kappa shape index (κ1) is 106. The molecule has 7 aromatic heterocycles. The van der Waals surface area contributed by atoms with Crippen LogP contribution in [0.1, 0.15) is 140 Å². The van der Waals surface area contributed by atoms with E-state index in [9.17, 15) is 39.8 Å². The molecular weight excluding hydrogens is 1820 g/mol. The van der Waals surface area contributed by atoms with Gasteiger partial charge in [0.05, 0.1) is 108 Å². The fourth-order valence-corrected chi connectivity index (χ4v) is 20.0. The number of nitrogens with one attached hydrogen (secondary N) is 3. The summed E-state index contributed by atoms with van der Waals surface area (Å²) in [5.41, 5.74) is 1.89. The molecule has 0 atom stereocenters. The zero-order chi connectivity index (χ0) is 92.3. The van der Waals surface area contributed by atoms with Crippen LogP contribution < -0.4 is 30.7 Å². The third-order valence-corrected chi connectivity index (χ3v) is 26.5. The highest BCUT2D eigenvalue weighted by atomic mass is 35.5. The van der Waals surface area contributed by atoms with Crippen LogP contribution >= 0.6 is 103 Å². The number of carbonyl (C=O) groups is 5. The van der Waals surface area contributed by atoms with E-state index in [-0.39, 0.29) is 31.0 Å². The van der Waals surface area contributed by atoms with Crippen LogP contribution in [-0.4, -0.2) is 224 Å². The lowest BCUT2D eigenvalue weighted by atomic mass is 10.1. The first-order valence-corrected chi connectivity index (χ1v) is 49.0. The van der Waals surface area contributed by atoms with Crippen molar-refractivity contribution in [2.45, 2.75) is 130 Å². The normalized spacial score (nSPS) is 11.7. The van der Waals surface area contributed by atoms with Gasteiger partial charge in [0.25, 0.3) is 0 Å². The van der Waals surface area contributed by atoms with Crippen LogP contribution in [0.5, 0.6) is 0 Å². The van der Waals surface area contributed by atoms with E-state index in [0.717, 1.165) is 159 Å². The number of fused-ring (bicyclic) bond motifs is 7. The van der Waals surface area contributed by atoms with Gasteiger partial charge in [0.2, 0.25) is 5.89 Å². The van der Waals surface area contributed by atoms with Gasteiger partial charge in [-0.1, -0.05) is 62.5 Å². The van der Waals surface area contributed by atoms with Crippen molar-refractivity contribution in [3.05, 3.63) is 111 Å². The third kappa shape index (κ3) is 40.3. The molecule has 0 radical (unpaired) electrons. The second-order valence-corrected chi connectivity index (χ2v) is 38.2. The lowest BCUT2D eigenvalue weighted by Gasteiger charge is -2.19. The van der Waals surface area contributed by atoms with E-state index < -0.39 is 41.4 Å². The Labute approximate surface area is 789 Å². The van der Waals surface area contributed by atoms with Crippen molar-refractivity contribution in [2.75, 3.05) is 192 Å². The van der Waals surface area contributed by atoms with Crippen molar-refractivity contribution in [1.29, 1.82) is 15.8 Å². The summed E-state index contributed by atoms with van der Waals surface area (Å²) in [6.45, 7) is 20.4. The number of oxazole rings is 1. The number of aromatic nitrogens is 1. The number of carbonyl (C=O) groups excluding carboxylic acids is 5. The average Bonchev–Trinajstić information content (AvgIpc) is 1.61. The molecule has 2 aromatic carbocycles. The Bertz CT molecular complexity index is 5150. The maximum absolute atomic E-state index is 12.4. The molecule has 7 heterocycles. The number of hydrogen-bond acceptors (Lipinski definition) is 30. The Hall–Kier alpha value is -8.82. The number of thiophene rings is 6. The van der Waals surface area contributed by atoms with Crippen LogP contribution in [0.15, 0.2) is 94.4 Å². The lowest BCUT2D eigenvalue weighted by Crippen LogP contribution is -2.31. The largest absolute Gasteiger partial charge is 0.456 e. The molecule has 0 fully saturated rings. The molecular formula is C92H117Cl3N10O17S6. The van der Waals surface area contributed by atoms with Gasteiger partial charge in [0.15, 0.2) is 5.58 Å². The van der Waals surface area contributed by atoms with Crippen LogP contribution in [0.2, 0.25) is 0 Å². The Morgan fingerprint density at radius 2 is 0.836 bits per heavy atom. The van der Waals surface area contributed by atoms with Gasteiger partial charge in [-0.2, -0.15) is 15.8 Å². The minimum Gasteiger partial charge on any atom is -0.456 e. The number of anilines is 3. The van der Waals surface area contributed by atoms with Crippen molar-refractivity contribution >= 4 is 215 Å². The van der Waals surface area contributed by atoms with E-state index >= 15 is 0 Å². The van der Waals surface area contributed by atoms with Crippen molar-refractivity contribution < 1.29 is 80.5 Å². The molecule has 9 aromatic rings. The number of rotatable bonds is 53. The van der Waals surface area contributed by atoms with Gasteiger partial charge >= 0.3 is 30.2 Å². The van der Waals surface area contributed by atoms with Gasteiger partial charge in [-0.05, 0) is 153 Å².